The second kappa shape index (κ2) is 6.01. The zero-order valence-electron chi connectivity index (χ0n) is 10.5. The van der Waals surface area contributed by atoms with Gasteiger partial charge >= 0.3 is 0 Å². The van der Waals surface area contributed by atoms with E-state index in [0.29, 0.717) is 29.9 Å². The molecule has 0 radical (unpaired) electrons. The summed E-state index contributed by atoms with van der Waals surface area (Å²) in [5, 5.41) is 0. The van der Waals surface area contributed by atoms with Gasteiger partial charge in [-0.3, -0.25) is 0 Å². The summed E-state index contributed by atoms with van der Waals surface area (Å²) >= 11 is 0. The van der Waals surface area contributed by atoms with Crippen molar-refractivity contribution in [1.82, 2.24) is 0 Å². The van der Waals surface area contributed by atoms with Crippen molar-refractivity contribution in [2.24, 2.45) is 23.5 Å². The highest BCUT2D eigenvalue weighted by Crippen LogP contribution is 2.29. The molecule has 0 aromatic carbocycles. The predicted molar refractivity (Wildman–Crippen MR) is 68.0 cm³/mol. The largest absolute Gasteiger partial charge is 0.330 e. The third-order valence-electron chi connectivity index (χ3n) is 3.59. The molecule has 1 heterocycles. The Bertz CT molecular complexity index is 298. The van der Waals surface area contributed by atoms with Gasteiger partial charge in [0.05, 0.1) is 11.5 Å². The summed E-state index contributed by atoms with van der Waals surface area (Å²) in [7, 11) is -2.75. The van der Waals surface area contributed by atoms with Crippen LogP contribution in [0.5, 0.6) is 0 Å². The van der Waals surface area contributed by atoms with Gasteiger partial charge in [0.1, 0.15) is 0 Å². The van der Waals surface area contributed by atoms with Gasteiger partial charge in [-0.15, -0.1) is 0 Å². The minimum atomic E-state index is -2.75. The molecule has 1 aliphatic rings. The highest BCUT2D eigenvalue weighted by Gasteiger charge is 2.32. The van der Waals surface area contributed by atoms with Crippen molar-refractivity contribution in [1.29, 1.82) is 0 Å². The van der Waals surface area contributed by atoms with Crippen LogP contribution in [0.1, 0.15) is 39.5 Å². The van der Waals surface area contributed by atoms with Crippen molar-refractivity contribution >= 4 is 9.84 Å². The molecule has 1 aliphatic heterocycles. The molecule has 1 rings (SSSR count). The molecular weight excluding hydrogens is 222 g/mol. The molecule has 0 aliphatic carbocycles. The Morgan fingerprint density at radius 1 is 1.31 bits per heavy atom. The lowest BCUT2D eigenvalue weighted by atomic mass is 9.87. The summed E-state index contributed by atoms with van der Waals surface area (Å²) in [4.78, 5) is 0. The molecule has 16 heavy (non-hydrogen) atoms. The third-order valence-corrected chi connectivity index (χ3v) is 5.39. The number of nitrogens with two attached hydrogens (primary N) is 1. The van der Waals surface area contributed by atoms with Gasteiger partial charge in [0, 0.05) is 0 Å². The SMILES string of the molecule is CC(C)CCCC(CN)C1CCS(=O)(=O)C1. The summed E-state index contributed by atoms with van der Waals surface area (Å²) in [6.07, 6.45) is 4.31. The van der Waals surface area contributed by atoms with E-state index >= 15 is 0 Å². The van der Waals surface area contributed by atoms with E-state index in [4.69, 9.17) is 5.73 Å². The molecule has 1 saturated heterocycles. The molecule has 2 N–H and O–H groups in total. The lowest BCUT2D eigenvalue weighted by Gasteiger charge is -2.21. The normalized spacial score (nSPS) is 26.1. The van der Waals surface area contributed by atoms with Gasteiger partial charge in [-0.1, -0.05) is 26.7 Å². The van der Waals surface area contributed by atoms with E-state index in [2.05, 4.69) is 13.8 Å². The lowest BCUT2D eigenvalue weighted by molar-refractivity contribution is 0.331. The fourth-order valence-corrected chi connectivity index (χ4v) is 4.45. The molecule has 3 nitrogen and oxygen atoms in total. The van der Waals surface area contributed by atoms with E-state index in [0.717, 1.165) is 18.8 Å². The Balaban J connectivity index is 2.37. The van der Waals surface area contributed by atoms with E-state index < -0.39 is 9.84 Å². The molecule has 4 heteroatoms. The Morgan fingerprint density at radius 3 is 2.44 bits per heavy atom. The fraction of sp³-hybridized carbons (Fsp3) is 1.00. The van der Waals surface area contributed by atoms with Crippen molar-refractivity contribution in [2.75, 3.05) is 18.1 Å². The number of hydrogen-bond acceptors (Lipinski definition) is 3. The van der Waals surface area contributed by atoms with Crippen LogP contribution in [-0.2, 0) is 9.84 Å². The quantitative estimate of drug-likeness (QED) is 0.779. The molecule has 0 amide bonds. The van der Waals surface area contributed by atoms with Crippen LogP contribution in [0.3, 0.4) is 0 Å². The smallest absolute Gasteiger partial charge is 0.150 e. The van der Waals surface area contributed by atoms with Crippen LogP contribution in [0.15, 0.2) is 0 Å². The molecule has 96 valence electrons. The van der Waals surface area contributed by atoms with Crippen molar-refractivity contribution in [3.05, 3.63) is 0 Å². The average Bonchev–Trinajstić information content (AvgIpc) is 2.53. The zero-order chi connectivity index (χ0) is 12.2. The van der Waals surface area contributed by atoms with Gasteiger partial charge in [0.25, 0.3) is 0 Å². The molecule has 0 aromatic rings. The maximum absolute atomic E-state index is 11.4. The van der Waals surface area contributed by atoms with Crippen LogP contribution in [0.2, 0.25) is 0 Å². The van der Waals surface area contributed by atoms with Crippen LogP contribution >= 0.6 is 0 Å². The molecule has 0 bridgehead atoms. The number of rotatable bonds is 6. The minimum absolute atomic E-state index is 0.321. The highest BCUT2D eigenvalue weighted by atomic mass is 32.2. The second-order valence-electron chi connectivity index (χ2n) is 5.48. The van der Waals surface area contributed by atoms with E-state index in [1.165, 1.54) is 12.8 Å². The Morgan fingerprint density at radius 2 is 2.00 bits per heavy atom. The predicted octanol–water partition coefficient (Wildman–Crippen LogP) is 1.82. The van der Waals surface area contributed by atoms with E-state index in [1.54, 1.807) is 0 Å². The van der Waals surface area contributed by atoms with E-state index in [-0.39, 0.29) is 0 Å². The summed E-state index contributed by atoms with van der Waals surface area (Å²) < 4.78 is 22.8. The monoisotopic (exact) mass is 247 g/mol. The highest BCUT2D eigenvalue weighted by molar-refractivity contribution is 7.91. The summed E-state index contributed by atoms with van der Waals surface area (Å²) in [6, 6.07) is 0. The first-order valence-electron chi connectivity index (χ1n) is 6.35. The molecular formula is C12H25NO2S. The maximum Gasteiger partial charge on any atom is 0.150 e. The third kappa shape index (κ3) is 4.42. The first kappa shape index (κ1) is 14.0. The average molecular weight is 247 g/mol. The van der Waals surface area contributed by atoms with Gasteiger partial charge in [0.15, 0.2) is 9.84 Å². The summed E-state index contributed by atoms with van der Waals surface area (Å²) in [5.74, 6) is 2.21. The van der Waals surface area contributed by atoms with Crippen molar-refractivity contribution in [3.8, 4) is 0 Å². The lowest BCUT2D eigenvalue weighted by Crippen LogP contribution is -2.24. The molecule has 0 spiro atoms. The Hall–Kier alpha value is -0.0900. The first-order valence-corrected chi connectivity index (χ1v) is 8.17. The Kier molecular flexibility index (Phi) is 5.25. The van der Waals surface area contributed by atoms with Gasteiger partial charge < -0.3 is 5.73 Å². The van der Waals surface area contributed by atoms with Crippen LogP contribution in [0.25, 0.3) is 0 Å². The van der Waals surface area contributed by atoms with Gasteiger partial charge in [0.2, 0.25) is 0 Å². The Labute approximate surface area is 99.7 Å². The zero-order valence-corrected chi connectivity index (χ0v) is 11.3. The fourth-order valence-electron chi connectivity index (χ4n) is 2.53. The standard InChI is InChI=1S/C12H25NO2S/c1-10(2)4-3-5-11(8-13)12-6-7-16(14,15)9-12/h10-12H,3-9,13H2,1-2H3. The van der Waals surface area contributed by atoms with Crippen molar-refractivity contribution in [3.63, 3.8) is 0 Å². The van der Waals surface area contributed by atoms with E-state index in [1.807, 2.05) is 0 Å². The number of hydrogen-bond donors (Lipinski definition) is 1. The molecule has 1 fully saturated rings. The van der Waals surface area contributed by atoms with Crippen molar-refractivity contribution < 1.29 is 8.42 Å². The van der Waals surface area contributed by atoms with Gasteiger partial charge in [-0.05, 0) is 37.1 Å². The van der Waals surface area contributed by atoms with Crippen LogP contribution in [0.4, 0.5) is 0 Å². The summed E-state index contributed by atoms with van der Waals surface area (Å²) in [6.45, 7) is 5.08. The first-order chi connectivity index (χ1) is 7.44. The second-order valence-corrected chi connectivity index (χ2v) is 7.71. The topological polar surface area (TPSA) is 60.2 Å². The molecule has 0 saturated carbocycles. The van der Waals surface area contributed by atoms with Crippen LogP contribution < -0.4 is 5.73 Å². The van der Waals surface area contributed by atoms with Crippen LogP contribution in [-0.4, -0.2) is 26.5 Å². The van der Waals surface area contributed by atoms with E-state index in [9.17, 15) is 8.42 Å². The van der Waals surface area contributed by atoms with Crippen molar-refractivity contribution in [2.45, 2.75) is 39.5 Å². The molecule has 2 atom stereocenters. The van der Waals surface area contributed by atoms with Gasteiger partial charge in [-0.25, -0.2) is 8.42 Å². The maximum atomic E-state index is 11.4. The summed E-state index contributed by atoms with van der Waals surface area (Å²) in [5.41, 5.74) is 5.76. The number of sulfone groups is 1. The molecule has 0 aromatic heterocycles. The van der Waals surface area contributed by atoms with Crippen LogP contribution in [0, 0.1) is 17.8 Å². The van der Waals surface area contributed by atoms with Gasteiger partial charge in [-0.2, -0.15) is 0 Å². The minimum Gasteiger partial charge on any atom is -0.330 e. The molecule has 2 unspecified atom stereocenters.